The van der Waals surface area contributed by atoms with Gasteiger partial charge in [0.05, 0.1) is 0 Å². The third-order valence-corrected chi connectivity index (χ3v) is 4.00. The van der Waals surface area contributed by atoms with Gasteiger partial charge in [0.2, 0.25) is 0 Å². The van der Waals surface area contributed by atoms with E-state index in [0.29, 0.717) is 0 Å². The Bertz CT molecular complexity index is 284. The van der Waals surface area contributed by atoms with E-state index < -0.39 is 0 Å². The molecule has 2 aliphatic carbocycles. The van der Waals surface area contributed by atoms with Gasteiger partial charge in [0.25, 0.3) is 0 Å². The van der Waals surface area contributed by atoms with Crippen molar-refractivity contribution < 1.29 is 0 Å². The van der Waals surface area contributed by atoms with Crippen LogP contribution >= 0.6 is 0 Å². The Balaban J connectivity index is 0.000000240. The highest BCUT2D eigenvalue weighted by atomic mass is 13.9. The maximum Gasteiger partial charge on any atom is -0.0316 e. The first-order valence-corrected chi connectivity index (χ1v) is 9.90. The summed E-state index contributed by atoms with van der Waals surface area (Å²) in [5.41, 5.74) is 0. The van der Waals surface area contributed by atoms with E-state index in [1.165, 1.54) is 77.0 Å². The molecule has 0 radical (unpaired) electrons. The summed E-state index contributed by atoms with van der Waals surface area (Å²) in [4.78, 5) is 0. The van der Waals surface area contributed by atoms with Gasteiger partial charge in [-0.05, 0) is 77.0 Å². The van der Waals surface area contributed by atoms with Crippen molar-refractivity contribution >= 4 is 0 Å². The van der Waals surface area contributed by atoms with Gasteiger partial charge in [-0.25, -0.2) is 0 Å². The predicted octanol–water partition coefficient (Wildman–Crippen LogP) is 8.02. The van der Waals surface area contributed by atoms with Crippen molar-refractivity contribution in [3.05, 3.63) is 72.9 Å². The van der Waals surface area contributed by atoms with Crippen molar-refractivity contribution in [3.8, 4) is 0 Å². The van der Waals surface area contributed by atoms with Crippen molar-refractivity contribution in [3.63, 3.8) is 0 Å². The SMILES string of the molecule is C1=CCC/C=C/CC/C=C/CC1.C1=CCC/C=C/CC/C=C/CC1. The summed E-state index contributed by atoms with van der Waals surface area (Å²) in [6.07, 6.45) is 42.0. The number of rotatable bonds is 0. The third kappa shape index (κ3) is 15.3. The van der Waals surface area contributed by atoms with Gasteiger partial charge in [-0.2, -0.15) is 0 Å². The van der Waals surface area contributed by atoms with Gasteiger partial charge in [-0.3, -0.25) is 0 Å². The van der Waals surface area contributed by atoms with E-state index >= 15 is 0 Å². The fraction of sp³-hybridized carbons (Fsp3) is 0.500. The Kier molecular flexibility index (Phi) is 15.2. The molecule has 0 unspecified atom stereocenters. The zero-order valence-corrected chi connectivity index (χ0v) is 15.4. The molecule has 0 atom stereocenters. The average molecular weight is 325 g/mol. The lowest BCUT2D eigenvalue weighted by Crippen LogP contribution is -1.71. The normalized spacial score (nSPS) is 25.3. The molecule has 0 saturated carbocycles. The van der Waals surface area contributed by atoms with E-state index in [-0.39, 0.29) is 0 Å². The van der Waals surface area contributed by atoms with Gasteiger partial charge in [-0.1, -0.05) is 72.9 Å². The molecule has 0 aromatic heterocycles. The molecule has 0 heteroatoms. The molecule has 2 aliphatic rings. The first-order chi connectivity index (χ1) is 12.0. The first-order valence-electron chi connectivity index (χ1n) is 9.90. The molecular weight excluding hydrogens is 288 g/mol. The van der Waals surface area contributed by atoms with Crippen LogP contribution in [0.25, 0.3) is 0 Å². The van der Waals surface area contributed by atoms with Crippen LogP contribution in [0.4, 0.5) is 0 Å². The topological polar surface area (TPSA) is 0 Å². The van der Waals surface area contributed by atoms with Crippen molar-refractivity contribution in [2.75, 3.05) is 0 Å². The number of allylic oxidation sites excluding steroid dienone is 12. The van der Waals surface area contributed by atoms with E-state index in [1.807, 2.05) is 0 Å². The van der Waals surface area contributed by atoms with Crippen molar-refractivity contribution in [2.24, 2.45) is 0 Å². The standard InChI is InChI=1S/2C12H18/c2*1-2-4-6-8-10-12-11-9-7-5-3-1/h2*1-2,7-10H,3-6,11-12H2/b2*2-1+,9-7+,10-8?. The van der Waals surface area contributed by atoms with Gasteiger partial charge in [0.15, 0.2) is 0 Å². The summed E-state index contributed by atoms with van der Waals surface area (Å²) in [7, 11) is 0. The van der Waals surface area contributed by atoms with Crippen LogP contribution in [0.2, 0.25) is 0 Å². The van der Waals surface area contributed by atoms with E-state index in [9.17, 15) is 0 Å². The second kappa shape index (κ2) is 17.8. The number of hydrogen-bond donors (Lipinski definition) is 0. The second-order valence-electron chi connectivity index (χ2n) is 6.29. The fourth-order valence-corrected chi connectivity index (χ4v) is 2.57. The molecule has 0 fully saturated rings. The molecule has 0 bridgehead atoms. The minimum atomic E-state index is 1.21. The summed E-state index contributed by atoms with van der Waals surface area (Å²) in [6, 6.07) is 0. The lowest BCUT2D eigenvalue weighted by atomic mass is 10.1. The van der Waals surface area contributed by atoms with Gasteiger partial charge in [0, 0.05) is 0 Å². The predicted molar refractivity (Wildman–Crippen MR) is 110 cm³/mol. The first kappa shape index (κ1) is 20.5. The van der Waals surface area contributed by atoms with Crippen LogP contribution in [0.3, 0.4) is 0 Å². The van der Waals surface area contributed by atoms with Crippen LogP contribution in [-0.4, -0.2) is 0 Å². The summed E-state index contributed by atoms with van der Waals surface area (Å²) in [5, 5.41) is 0. The van der Waals surface area contributed by atoms with Crippen molar-refractivity contribution in [1.82, 2.24) is 0 Å². The van der Waals surface area contributed by atoms with E-state index in [4.69, 9.17) is 0 Å². The molecule has 0 nitrogen and oxygen atoms in total. The summed E-state index contributed by atoms with van der Waals surface area (Å²) in [5.74, 6) is 0. The molecule has 24 heavy (non-hydrogen) atoms. The Morgan fingerprint density at radius 1 is 0.167 bits per heavy atom. The molecule has 0 amide bonds. The van der Waals surface area contributed by atoms with Crippen molar-refractivity contribution in [2.45, 2.75) is 77.0 Å². The van der Waals surface area contributed by atoms with Gasteiger partial charge in [-0.15, -0.1) is 0 Å². The minimum Gasteiger partial charge on any atom is -0.0882 e. The molecule has 0 N–H and O–H groups in total. The van der Waals surface area contributed by atoms with Crippen LogP contribution in [0.5, 0.6) is 0 Å². The largest absolute Gasteiger partial charge is 0.0882 e. The molecule has 2 rings (SSSR count). The zero-order valence-electron chi connectivity index (χ0n) is 15.4. The van der Waals surface area contributed by atoms with Crippen LogP contribution in [-0.2, 0) is 0 Å². The highest BCUT2D eigenvalue weighted by molar-refractivity contribution is 4.94. The molecule has 132 valence electrons. The van der Waals surface area contributed by atoms with E-state index in [2.05, 4.69) is 72.9 Å². The zero-order chi connectivity index (χ0) is 17.0. The lowest BCUT2D eigenvalue weighted by molar-refractivity contribution is 0.962. The van der Waals surface area contributed by atoms with E-state index in [0.717, 1.165) is 0 Å². The van der Waals surface area contributed by atoms with Gasteiger partial charge in [0.1, 0.15) is 0 Å². The Morgan fingerprint density at radius 2 is 0.250 bits per heavy atom. The quantitative estimate of drug-likeness (QED) is 0.396. The Labute approximate surface area is 150 Å². The van der Waals surface area contributed by atoms with Gasteiger partial charge < -0.3 is 0 Å². The monoisotopic (exact) mass is 324 g/mol. The maximum atomic E-state index is 2.29. The fourth-order valence-electron chi connectivity index (χ4n) is 2.57. The van der Waals surface area contributed by atoms with Crippen molar-refractivity contribution in [1.29, 1.82) is 0 Å². The molecular formula is C24H36. The molecule has 0 aromatic rings. The van der Waals surface area contributed by atoms with Crippen LogP contribution in [0, 0.1) is 0 Å². The second-order valence-corrected chi connectivity index (χ2v) is 6.29. The highest BCUT2D eigenvalue weighted by Crippen LogP contribution is 2.03. The summed E-state index contributed by atoms with van der Waals surface area (Å²) >= 11 is 0. The molecule has 0 aliphatic heterocycles. The molecule has 0 spiro atoms. The summed E-state index contributed by atoms with van der Waals surface area (Å²) in [6.45, 7) is 0. The highest BCUT2D eigenvalue weighted by Gasteiger charge is 1.83. The Hall–Kier alpha value is -1.56. The molecule has 0 aromatic carbocycles. The lowest BCUT2D eigenvalue weighted by Gasteiger charge is -1.92. The minimum absolute atomic E-state index is 1.21. The van der Waals surface area contributed by atoms with E-state index in [1.54, 1.807) is 0 Å². The smallest absolute Gasteiger partial charge is 0.0316 e. The molecule has 0 heterocycles. The molecule has 0 saturated heterocycles. The maximum absolute atomic E-state index is 2.29. The van der Waals surface area contributed by atoms with Crippen LogP contribution in [0.1, 0.15) is 77.0 Å². The van der Waals surface area contributed by atoms with Crippen LogP contribution in [0.15, 0.2) is 72.9 Å². The number of hydrogen-bond acceptors (Lipinski definition) is 0. The Morgan fingerprint density at radius 3 is 0.333 bits per heavy atom. The average Bonchev–Trinajstić information content (AvgIpc) is 2.56. The summed E-state index contributed by atoms with van der Waals surface area (Å²) < 4.78 is 0. The van der Waals surface area contributed by atoms with Crippen LogP contribution < -0.4 is 0 Å². The third-order valence-electron chi connectivity index (χ3n) is 4.00. The van der Waals surface area contributed by atoms with Gasteiger partial charge >= 0.3 is 0 Å².